The second-order valence-corrected chi connectivity index (χ2v) is 4.81. The first-order valence-corrected chi connectivity index (χ1v) is 6.86. The quantitative estimate of drug-likeness (QED) is 0.530. The monoisotopic (exact) mass is 311 g/mol. The molecule has 0 spiro atoms. The number of nitro benzene ring substituents is 1. The van der Waals surface area contributed by atoms with Crippen molar-refractivity contribution >= 4 is 5.69 Å². The lowest BCUT2D eigenvalue weighted by molar-refractivity contribution is -0.384. The number of rotatable bonds is 5. The van der Waals surface area contributed by atoms with Gasteiger partial charge in [-0.15, -0.1) is 0 Å². The fourth-order valence-electron chi connectivity index (χ4n) is 2.21. The number of benzene rings is 2. The van der Waals surface area contributed by atoms with Crippen molar-refractivity contribution in [2.45, 2.75) is 6.42 Å². The van der Waals surface area contributed by atoms with E-state index >= 15 is 0 Å². The van der Waals surface area contributed by atoms with Crippen LogP contribution in [0.2, 0.25) is 0 Å². The highest BCUT2D eigenvalue weighted by Gasteiger charge is 2.14. The number of aromatic nitrogens is 2. The molecule has 0 fully saturated rings. The van der Waals surface area contributed by atoms with E-state index in [2.05, 4.69) is 10.1 Å². The molecular formula is C16H13N3O4. The normalized spacial score (nSPS) is 10.5. The third kappa shape index (κ3) is 3.18. The van der Waals surface area contributed by atoms with Crippen LogP contribution >= 0.6 is 0 Å². The van der Waals surface area contributed by atoms with Gasteiger partial charge in [-0.1, -0.05) is 35.5 Å². The number of hydrogen-bond donors (Lipinski definition) is 0. The molecule has 0 bridgehead atoms. The molecule has 0 amide bonds. The maximum absolute atomic E-state index is 10.8. The van der Waals surface area contributed by atoms with Gasteiger partial charge < -0.3 is 9.26 Å². The van der Waals surface area contributed by atoms with E-state index in [1.807, 2.05) is 24.3 Å². The van der Waals surface area contributed by atoms with Crippen molar-refractivity contribution in [3.63, 3.8) is 0 Å². The van der Waals surface area contributed by atoms with Crippen LogP contribution in [-0.2, 0) is 6.42 Å². The smallest absolute Gasteiger partial charge is 0.270 e. The molecule has 0 atom stereocenters. The zero-order valence-corrected chi connectivity index (χ0v) is 12.3. The number of para-hydroxylation sites is 1. The van der Waals surface area contributed by atoms with E-state index in [4.69, 9.17) is 9.26 Å². The van der Waals surface area contributed by atoms with Gasteiger partial charge in [-0.3, -0.25) is 10.1 Å². The molecule has 0 saturated heterocycles. The van der Waals surface area contributed by atoms with E-state index in [0.717, 1.165) is 11.3 Å². The lowest BCUT2D eigenvalue weighted by Crippen LogP contribution is -1.94. The zero-order valence-electron chi connectivity index (χ0n) is 12.3. The molecule has 7 heteroatoms. The Balaban J connectivity index is 1.86. The van der Waals surface area contributed by atoms with Gasteiger partial charge in [0.05, 0.1) is 18.5 Å². The number of non-ortho nitro benzene ring substituents is 1. The lowest BCUT2D eigenvalue weighted by atomic mass is 10.1. The van der Waals surface area contributed by atoms with Crippen molar-refractivity contribution in [3.05, 3.63) is 70.1 Å². The van der Waals surface area contributed by atoms with Gasteiger partial charge in [0.25, 0.3) is 5.69 Å². The maximum atomic E-state index is 10.8. The van der Waals surface area contributed by atoms with Crippen LogP contribution in [0.4, 0.5) is 5.69 Å². The maximum Gasteiger partial charge on any atom is 0.270 e. The highest BCUT2D eigenvalue weighted by molar-refractivity contribution is 5.58. The van der Waals surface area contributed by atoms with Gasteiger partial charge in [-0.05, 0) is 6.07 Å². The third-order valence-electron chi connectivity index (χ3n) is 3.32. The molecule has 0 aliphatic rings. The molecule has 0 aliphatic carbocycles. The minimum atomic E-state index is -0.459. The summed E-state index contributed by atoms with van der Waals surface area (Å²) in [5.74, 6) is 1.47. The highest BCUT2D eigenvalue weighted by Crippen LogP contribution is 2.24. The molecule has 0 N–H and O–H groups in total. The number of hydrogen-bond acceptors (Lipinski definition) is 6. The minimum Gasteiger partial charge on any atom is -0.496 e. The summed E-state index contributed by atoms with van der Waals surface area (Å²) < 4.78 is 10.5. The van der Waals surface area contributed by atoms with Gasteiger partial charge in [-0.25, -0.2) is 0 Å². The van der Waals surface area contributed by atoms with E-state index in [0.29, 0.717) is 23.7 Å². The summed E-state index contributed by atoms with van der Waals surface area (Å²) >= 11 is 0. The van der Waals surface area contributed by atoms with E-state index in [1.54, 1.807) is 19.2 Å². The molecule has 23 heavy (non-hydrogen) atoms. The number of nitro groups is 1. The highest BCUT2D eigenvalue weighted by atomic mass is 16.6. The Hall–Kier alpha value is -3.22. The summed E-state index contributed by atoms with van der Waals surface area (Å²) in [5.41, 5.74) is 1.44. The second-order valence-electron chi connectivity index (χ2n) is 4.81. The third-order valence-corrected chi connectivity index (χ3v) is 3.32. The van der Waals surface area contributed by atoms with Crippen LogP contribution in [0, 0.1) is 10.1 Å². The minimum absolute atomic E-state index is 0.0152. The summed E-state index contributed by atoms with van der Waals surface area (Å²) in [6, 6.07) is 13.7. The lowest BCUT2D eigenvalue weighted by Gasteiger charge is -2.04. The molecule has 3 rings (SSSR count). The molecule has 7 nitrogen and oxygen atoms in total. The summed E-state index contributed by atoms with van der Waals surface area (Å²) in [4.78, 5) is 14.7. The molecule has 1 aromatic heterocycles. The van der Waals surface area contributed by atoms with E-state index < -0.39 is 4.92 Å². The summed E-state index contributed by atoms with van der Waals surface area (Å²) in [6.07, 6.45) is 0.423. The van der Waals surface area contributed by atoms with Crippen LogP contribution < -0.4 is 4.74 Å². The molecule has 1 heterocycles. The standard InChI is InChI=1S/C16H13N3O4/c1-22-14-8-3-2-5-11(14)10-15-17-16(18-23-15)12-6-4-7-13(9-12)19(20)21/h2-9H,10H2,1H3. The Morgan fingerprint density at radius 2 is 2.04 bits per heavy atom. The molecule has 3 aromatic rings. The van der Waals surface area contributed by atoms with E-state index in [-0.39, 0.29) is 5.69 Å². The second kappa shape index (κ2) is 6.27. The molecule has 0 aliphatic heterocycles. The predicted octanol–water partition coefficient (Wildman–Crippen LogP) is 3.24. The SMILES string of the molecule is COc1ccccc1Cc1nc(-c2cccc([N+](=O)[O-])c2)no1. The van der Waals surface area contributed by atoms with E-state index in [1.165, 1.54) is 12.1 Å². The van der Waals surface area contributed by atoms with Crippen LogP contribution in [0.1, 0.15) is 11.5 Å². The predicted molar refractivity (Wildman–Crippen MR) is 82.2 cm³/mol. The average molecular weight is 311 g/mol. The Morgan fingerprint density at radius 1 is 1.22 bits per heavy atom. The summed E-state index contributed by atoms with van der Waals surface area (Å²) in [6.45, 7) is 0. The largest absolute Gasteiger partial charge is 0.496 e. The van der Waals surface area contributed by atoms with E-state index in [9.17, 15) is 10.1 Å². The van der Waals surface area contributed by atoms with Gasteiger partial charge >= 0.3 is 0 Å². The van der Waals surface area contributed by atoms with Crippen molar-refractivity contribution in [3.8, 4) is 17.1 Å². The summed E-state index contributed by atoms with van der Waals surface area (Å²) in [7, 11) is 1.60. The fraction of sp³-hybridized carbons (Fsp3) is 0.125. The van der Waals surface area contributed by atoms with Gasteiger partial charge in [0.1, 0.15) is 5.75 Å². The number of nitrogens with zero attached hydrogens (tertiary/aromatic N) is 3. The molecule has 0 saturated carbocycles. The van der Waals surface area contributed by atoms with Gasteiger partial charge in [-0.2, -0.15) is 4.98 Å². The fourth-order valence-corrected chi connectivity index (χ4v) is 2.21. The molecular weight excluding hydrogens is 298 g/mol. The number of ether oxygens (including phenoxy) is 1. The van der Waals surface area contributed by atoms with Gasteiger partial charge in [0, 0.05) is 23.3 Å². The Morgan fingerprint density at radius 3 is 2.83 bits per heavy atom. The van der Waals surface area contributed by atoms with Crippen molar-refractivity contribution in [1.29, 1.82) is 0 Å². The van der Waals surface area contributed by atoms with Crippen molar-refractivity contribution in [2.75, 3.05) is 7.11 Å². The van der Waals surface area contributed by atoms with Crippen LogP contribution in [-0.4, -0.2) is 22.2 Å². The topological polar surface area (TPSA) is 91.3 Å². The van der Waals surface area contributed by atoms with Crippen molar-refractivity contribution in [1.82, 2.24) is 10.1 Å². The van der Waals surface area contributed by atoms with Crippen LogP contribution in [0.3, 0.4) is 0 Å². The molecule has 0 unspecified atom stereocenters. The first-order chi connectivity index (χ1) is 11.2. The Bertz CT molecular complexity index is 845. The molecule has 116 valence electrons. The molecule has 0 radical (unpaired) electrons. The van der Waals surface area contributed by atoms with Crippen LogP contribution in [0.15, 0.2) is 53.1 Å². The average Bonchev–Trinajstić information content (AvgIpc) is 3.04. The van der Waals surface area contributed by atoms with Crippen LogP contribution in [0.25, 0.3) is 11.4 Å². The molecule has 2 aromatic carbocycles. The van der Waals surface area contributed by atoms with Gasteiger partial charge in [0.2, 0.25) is 11.7 Å². The number of methoxy groups -OCH3 is 1. The zero-order chi connectivity index (χ0) is 16.2. The first-order valence-electron chi connectivity index (χ1n) is 6.86. The summed E-state index contributed by atoms with van der Waals surface area (Å²) in [5, 5.41) is 14.7. The van der Waals surface area contributed by atoms with Crippen LogP contribution in [0.5, 0.6) is 5.75 Å². The Labute approximate surface area is 131 Å². The van der Waals surface area contributed by atoms with Crippen molar-refractivity contribution < 1.29 is 14.2 Å². The Kier molecular flexibility index (Phi) is 4.01. The van der Waals surface area contributed by atoms with Gasteiger partial charge in [0.15, 0.2) is 0 Å². The van der Waals surface area contributed by atoms with Crippen molar-refractivity contribution in [2.24, 2.45) is 0 Å². The first kappa shape index (κ1) is 14.7.